The molecule has 1 N–H and O–H groups in total. The fraction of sp³-hybridized carbons (Fsp3) is 0.222. The minimum atomic E-state index is -0.730. The number of methoxy groups -OCH3 is 1. The van der Waals surface area contributed by atoms with Crippen LogP contribution >= 0.6 is 27.3 Å². The number of esters is 1. The van der Waals surface area contributed by atoms with Gasteiger partial charge in [-0.1, -0.05) is 36.1 Å². The van der Waals surface area contributed by atoms with Crippen LogP contribution in [0, 0.1) is 0 Å². The average Bonchev–Trinajstić information content (AvgIpc) is 3.18. The van der Waals surface area contributed by atoms with Crippen molar-refractivity contribution in [1.29, 1.82) is 0 Å². The van der Waals surface area contributed by atoms with Crippen LogP contribution in [0.25, 0.3) is 6.08 Å². The molecule has 8 nitrogen and oxygen atoms in total. The van der Waals surface area contributed by atoms with Gasteiger partial charge in [-0.2, -0.15) is 0 Å². The summed E-state index contributed by atoms with van der Waals surface area (Å²) in [7, 11) is 1.45. The number of allylic oxidation sites excluding steroid dienone is 1. The summed E-state index contributed by atoms with van der Waals surface area (Å²) in [6, 6.07) is 9.80. The standard InChI is InChI=1S/C27H25BrN2O6S/c1-5-11-36-18-9-7-17(8-10-18)23-22(26(33)35-6-2)15(3)29-27-30(23)25(32)21(37-27)14-16-12-19(28)24(31)20(13-16)34-4/h5,7-10,12-14,23,31H,1,6,11H2,2-4H3/b21-14-. The van der Waals surface area contributed by atoms with Crippen molar-refractivity contribution in [3.05, 3.63) is 95.6 Å². The van der Waals surface area contributed by atoms with Gasteiger partial charge in [-0.3, -0.25) is 9.36 Å². The Balaban J connectivity index is 1.90. The van der Waals surface area contributed by atoms with Crippen molar-refractivity contribution in [3.8, 4) is 17.2 Å². The second kappa shape index (κ2) is 11.2. The lowest BCUT2D eigenvalue weighted by Crippen LogP contribution is -2.39. The lowest BCUT2D eigenvalue weighted by Gasteiger charge is -2.24. The quantitative estimate of drug-likeness (QED) is 0.319. The van der Waals surface area contributed by atoms with Crippen LogP contribution in [-0.2, 0) is 9.53 Å². The maximum Gasteiger partial charge on any atom is 0.338 e. The fourth-order valence-corrected chi connectivity index (χ4v) is 5.50. The molecule has 0 saturated carbocycles. The van der Waals surface area contributed by atoms with Crippen molar-refractivity contribution in [1.82, 2.24) is 4.57 Å². The number of hydrogen-bond acceptors (Lipinski definition) is 8. The zero-order chi connectivity index (χ0) is 26.7. The number of phenolic OH excluding ortho intramolecular Hbond substituents is 1. The van der Waals surface area contributed by atoms with Gasteiger partial charge in [0.25, 0.3) is 5.56 Å². The zero-order valence-corrected chi connectivity index (χ0v) is 22.9. The Labute approximate surface area is 225 Å². The largest absolute Gasteiger partial charge is 0.503 e. The molecule has 1 atom stereocenters. The van der Waals surface area contributed by atoms with E-state index in [1.165, 1.54) is 23.0 Å². The first-order valence-corrected chi connectivity index (χ1v) is 13.0. The molecule has 0 amide bonds. The highest BCUT2D eigenvalue weighted by molar-refractivity contribution is 9.10. The third kappa shape index (κ3) is 5.26. The van der Waals surface area contributed by atoms with E-state index in [2.05, 4.69) is 27.5 Å². The first-order chi connectivity index (χ1) is 17.8. The van der Waals surface area contributed by atoms with Crippen LogP contribution < -0.4 is 24.4 Å². The lowest BCUT2D eigenvalue weighted by atomic mass is 9.96. The van der Waals surface area contributed by atoms with Gasteiger partial charge in [0.05, 0.1) is 40.0 Å². The Morgan fingerprint density at radius 3 is 2.68 bits per heavy atom. The SMILES string of the molecule is C=CCOc1ccc(C2C(C(=O)OCC)=C(C)N=c3s/c(=C\c4cc(Br)c(O)c(OC)c4)c(=O)n32)cc1. The molecule has 2 heterocycles. The van der Waals surface area contributed by atoms with E-state index in [0.29, 0.717) is 48.6 Å². The molecule has 1 aliphatic heterocycles. The molecule has 4 rings (SSSR count). The highest BCUT2D eigenvalue weighted by Gasteiger charge is 2.33. The number of thiazole rings is 1. The molecule has 0 spiro atoms. The molecule has 0 bridgehead atoms. The number of rotatable bonds is 8. The van der Waals surface area contributed by atoms with Gasteiger partial charge in [-0.15, -0.1) is 0 Å². The van der Waals surface area contributed by atoms with Crippen LogP contribution in [0.2, 0.25) is 0 Å². The normalized spacial score (nSPS) is 15.1. The molecular formula is C27H25BrN2O6S. The van der Waals surface area contributed by atoms with Crippen LogP contribution in [0.3, 0.4) is 0 Å². The van der Waals surface area contributed by atoms with E-state index in [9.17, 15) is 14.7 Å². The highest BCUT2D eigenvalue weighted by Crippen LogP contribution is 2.35. The van der Waals surface area contributed by atoms with E-state index in [-0.39, 0.29) is 23.7 Å². The molecule has 10 heteroatoms. The van der Waals surface area contributed by atoms with E-state index in [1.807, 2.05) is 12.1 Å². The predicted molar refractivity (Wildman–Crippen MR) is 145 cm³/mol. The summed E-state index contributed by atoms with van der Waals surface area (Å²) in [4.78, 5) is 31.8. The average molecular weight is 585 g/mol. The van der Waals surface area contributed by atoms with Gasteiger partial charge in [0, 0.05) is 0 Å². The van der Waals surface area contributed by atoms with Crippen molar-refractivity contribution >= 4 is 39.3 Å². The Morgan fingerprint density at radius 1 is 1.30 bits per heavy atom. The van der Waals surface area contributed by atoms with Crippen LogP contribution in [-0.4, -0.2) is 36.0 Å². The van der Waals surface area contributed by atoms with Crippen molar-refractivity contribution in [2.45, 2.75) is 19.9 Å². The van der Waals surface area contributed by atoms with Crippen LogP contribution in [0.1, 0.15) is 31.0 Å². The zero-order valence-electron chi connectivity index (χ0n) is 20.5. The van der Waals surface area contributed by atoms with Crippen molar-refractivity contribution in [3.63, 3.8) is 0 Å². The summed E-state index contributed by atoms with van der Waals surface area (Å²) in [5.74, 6) is 0.352. The number of benzene rings is 2. The van der Waals surface area contributed by atoms with Gasteiger partial charge < -0.3 is 19.3 Å². The number of fused-ring (bicyclic) bond motifs is 1. The third-order valence-electron chi connectivity index (χ3n) is 5.65. The summed E-state index contributed by atoms with van der Waals surface area (Å²) in [5, 5.41) is 10.1. The molecule has 1 aromatic heterocycles. The van der Waals surface area contributed by atoms with Gasteiger partial charge in [0.2, 0.25) is 0 Å². The summed E-state index contributed by atoms with van der Waals surface area (Å²) >= 11 is 4.52. The second-order valence-electron chi connectivity index (χ2n) is 8.02. The molecule has 37 heavy (non-hydrogen) atoms. The number of carbonyl (C=O) groups is 1. The Hall–Kier alpha value is -3.63. The van der Waals surface area contributed by atoms with E-state index in [0.717, 1.165) is 0 Å². The second-order valence-corrected chi connectivity index (χ2v) is 9.89. The van der Waals surface area contributed by atoms with Crippen molar-refractivity contribution < 1.29 is 24.1 Å². The summed E-state index contributed by atoms with van der Waals surface area (Å²) in [5.41, 5.74) is 1.84. The molecule has 0 radical (unpaired) electrons. The van der Waals surface area contributed by atoms with E-state index >= 15 is 0 Å². The molecule has 3 aromatic rings. The van der Waals surface area contributed by atoms with Crippen molar-refractivity contribution in [2.75, 3.05) is 20.3 Å². The molecule has 192 valence electrons. The van der Waals surface area contributed by atoms with Gasteiger partial charge in [0.1, 0.15) is 12.4 Å². The number of phenols is 1. The maximum absolute atomic E-state index is 13.7. The van der Waals surface area contributed by atoms with Crippen LogP contribution in [0.4, 0.5) is 0 Å². The minimum Gasteiger partial charge on any atom is -0.503 e. The maximum atomic E-state index is 13.7. The third-order valence-corrected chi connectivity index (χ3v) is 7.24. The van der Waals surface area contributed by atoms with E-state index in [1.54, 1.807) is 50.3 Å². The molecule has 0 saturated heterocycles. The number of nitrogens with zero attached hydrogens (tertiary/aromatic N) is 2. The number of aromatic nitrogens is 1. The number of ether oxygens (including phenoxy) is 3. The molecular weight excluding hydrogens is 560 g/mol. The van der Waals surface area contributed by atoms with Gasteiger partial charge in [-0.25, -0.2) is 9.79 Å². The highest BCUT2D eigenvalue weighted by atomic mass is 79.9. The van der Waals surface area contributed by atoms with Gasteiger partial charge in [-0.05, 0) is 71.2 Å². The van der Waals surface area contributed by atoms with Crippen LogP contribution in [0.15, 0.2) is 74.6 Å². The smallest absolute Gasteiger partial charge is 0.338 e. The summed E-state index contributed by atoms with van der Waals surface area (Å²) in [6.45, 7) is 7.67. The predicted octanol–water partition coefficient (Wildman–Crippen LogP) is 3.84. The number of hydrogen-bond donors (Lipinski definition) is 1. The Kier molecular flexibility index (Phi) is 7.99. The topological polar surface area (TPSA) is 99.4 Å². The molecule has 0 fully saturated rings. The molecule has 0 aliphatic carbocycles. The molecule has 2 aromatic carbocycles. The summed E-state index contributed by atoms with van der Waals surface area (Å²) in [6.07, 6.45) is 3.35. The molecule has 1 aliphatic rings. The fourth-order valence-electron chi connectivity index (χ4n) is 3.99. The van der Waals surface area contributed by atoms with Crippen LogP contribution in [0.5, 0.6) is 17.2 Å². The van der Waals surface area contributed by atoms with Gasteiger partial charge in [0.15, 0.2) is 16.3 Å². The monoisotopic (exact) mass is 584 g/mol. The van der Waals surface area contributed by atoms with Crippen molar-refractivity contribution in [2.24, 2.45) is 4.99 Å². The first kappa shape index (κ1) is 26.4. The Bertz CT molecular complexity index is 1570. The number of halogens is 1. The van der Waals surface area contributed by atoms with E-state index in [4.69, 9.17) is 14.2 Å². The minimum absolute atomic E-state index is 0.0312. The van der Waals surface area contributed by atoms with Gasteiger partial charge >= 0.3 is 5.97 Å². The molecule has 1 unspecified atom stereocenters. The lowest BCUT2D eigenvalue weighted by molar-refractivity contribution is -0.139. The first-order valence-electron chi connectivity index (χ1n) is 11.4. The number of carbonyl (C=O) groups excluding carboxylic acids is 1. The Morgan fingerprint density at radius 2 is 2.03 bits per heavy atom. The van der Waals surface area contributed by atoms with E-state index < -0.39 is 12.0 Å². The number of aromatic hydroxyl groups is 1. The summed E-state index contributed by atoms with van der Waals surface area (Å²) < 4.78 is 18.5.